The molecule has 0 saturated carbocycles. The molecule has 138 valence electrons. The Labute approximate surface area is 163 Å². The monoisotopic (exact) mass is 381 g/mol. The topological polar surface area (TPSA) is 71.0 Å². The van der Waals surface area contributed by atoms with E-state index in [0.717, 1.165) is 23.2 Å². The van der Waals surface area contributed by atoms with Gasteiger partial charge in [0, 0.05) is 42.9 Å². The smallest absolute Gasteiger partial charge is 0.272 e. The summed E-state index contributed by atoms with van der Waals surface area (Å²) in [5.41, 5.74) is 3.28. The number of carbonyl (C=O) groups excluding carboxylic acids is 1. The maximum absolute atomic E-state index is 12.7. The third kappa shape index (κ3) is 5.01. The Morgan fingerprint density at radius 1 is 1.15 bits per heavy atom. The summed E-state index contributed by atoms with van der Waals surface area (Å²) in [4.78, 5) is 26.9. The van der Waals surface area contributed by atoms with Crippen molar-refractivity contribution >= 4 is 29.1 Å². The van der Waals surface area contributed by atoms with Crippen molar-refractivity contribution in [1.29, 1.82) is 0 Å². The van der Waals surface area contributed by atoms with Gasteiger partial charge < -0.3 is 10.2 Å². The molecule has 27 heavy (non-hydrogen) atoms. The van der Waals surface area contributed by atoms with Crippen LogP contribution in [-0.4, -0.2) is 39.4 Å². The van der Waals surface area contributed by atoms with Gasteiger partial charge in [0.25, 0.3) is 5.91 Å². The van der Waals surface area contributed by atoms with Crippen molar-refractivity contribution in [1.82, 2.24) is 19.9 Å². The highest BCUT2D eigenvalue weighted by Gasteiger charge is 2.14. The van der Waals surface area contributed by atoms with E-state index in [1.807, 2.05) is 31.2 Å². The fourth-order valence-corrected chi connectivity index (χ4v) is 2.70. The molecule has 6 nitrogen and oxygen atoms in total. The molecule has 0 bridgehead atoms. The molecule has 2 heterocycles. The lowest BCUT2D eigenvalue weighted by Crippen LogP contribution is -2.29. The summed E-state index contributed by atoms with van der Waals surface area (Å²) in [6.45, 7) is 2.55. The number of halogens is 1. The van der Waals surface area contributed by atoms with Crippen LogP contribution in [0.2, 0.25) is 5.02 Å². The first kappa shape index (κ1) is 18.8. The molecule has 0 saturated heterocycles. The zero-order chi connectivity index (χ0) is 19.2. The van der Waals surface area contributed by atoms with Gasteiger partial charge in [-0.3, -0.25) is 9.78 Å². The first-order valence-electron chi connectivity index (χ1n) is 8.53. The standard InChI is InChI=1S/C20H20ClN5O/c1-14-3-4-16(21)13-18(14)25-20-23-11-7-17(24-20)19(27)26(2)12-8-15-5-9-22-10-6-15/h3-7,9-11,13H,8,12H2,1-2H3,(H,23,24,25). The van der Waals surface area contributed by atoms with Crippen LogP contribution in [0, 0.1) is 6.92 Å². The molecule has 1 aromatic carbocycles. The number of anilines is 2. The van der Waals surface area contributed by atoms with Gasteiger partial charge in [0.05, 0.1) is 0 Å². The van der Waals surface area contributed by atoms with Crippen molar-refractivity contribution in [2.75, 3.05) is 18.9 Å². The highest BCUT2D eigenvalue weighted by molar-refractivity contribution is 6.30. The summed E-state index contributed by atoms with van der Waals surface area (Å²) in [5.74, 6) is 0.200. The van der Waals surface area contributed by atoms with Gasteiger partial charge in [0.15, 0.2) is 0 Å². The molecule has 0 aliphatic rings. The minimum Gasteiger partial charge on any atom is -0.340 e. The van der Waals surface area contributed by atoms with E-state index in [4.69, 9.17) is 11.6 Å². The third-order valence-electron chi connectivity index (χ3n) is 4.15. The van der Waals surface area contributed by atoms with E-state index in [2.05, 4.69) is 20.3 Å². The molecule has 0 unspecified atom stereocenters. The Morgan fingerprint density at radius 2 is 1.93 bits per heavy atom. The van der Waals surface area contributed by atoms with Crippen LogP contribution in [-0.2, 0) is 6.42 Å². The predicted molar refractivity (Wildman–Crippen MR) is 106 cm³/mol. The van der Waals surface area contributed by atoms with Crippen molar-refractivity contribution < 1.29 is 4.79 Å². The van der Waals surface area contributed by atoms with Crippen molar-refractivity contribution in [2.24, 2.45) is 0 Å². The van der Waals surface area contributed by atoms with Crippen LogP contribution in [0.4, 0.5) is 11.6 Å². The number of nitrogens with zero attached hydrogens (tertiary/aromatic N) is 4. The second kappa shape index (κ2) is 8.60. The predicted octanol–water partition coefficient (Wildman–Crippen LogP) is 3.89. The van der Waals surface area contributed by atoms with E-state index in [0.29, 0.717) is 23.2 Å². The van der Waals surface area contributed by atoms with Gasteiger partial charge in [0.2, 0.25) is 5.95 Å². The number of hydrogen-bond donors (Lipinski definition) is 1. The minimum absolute atomic E-state index is 0.155. The Balaban J connectivity index is 1.68. The molecule has 3 rings (SSSR count). The molecule has 3 aromatic rings. The molecule has 0 atom stereocenters. The Hall–Kier alpha value is -2.99. The minimum atomic E-state index is -0.155. The maximum Gasteiger partial charge on any atom is 0.272 e. The summed E-state index contributed by atoms with van der Waals surface area (Å²) in [6.07, 6.45) is 5.82. The van der Waals surface area contributed by atoms with Gasteiger partial charge in [-0.05, 0) is 54.8 Å². The van der Waals surface area contributed by atoms with E-state index in [9.17, 15) is 4.79 Å². The number of amides is 1. The lowest BCUT2D eigenvalue weighted by atomic mass is 10.2. The Morgan fingerprint density at radius 3 is 2.70 bits per heavy atom. The van der Waals surface area contributed by atoms with Crippen LogP contribution in [0.25, 0.3) is 0 Å². The van der Waals surface area contributed by atoms with Crippen molar-refractivity contribution in [3.63, 3.8) is 0 Å². The molecule has 7 heteroatoms. The van der Waals surface area contributed by atoms with Crippen LogP contribution < -0.4 is 5.32 Å². The van der Waals surface area contributed by atoms with Gasteiger partial charge in [-0.2, -0.15) is 0 Å². The highest BCUT2D eigenvalue weighted by atomic mass is 35.5. The summed E-state index contributed by atoms with van der Waals surface area (Å²) >= 11 is 6.05. The molecule has 0 aliphatic heterocycles. The summed E-state index contributed by atoms with van der Waals surface area (Å²) in [6, 6.07) is 11.0. The number of carbonyl (C=O) groups is 1. The molecular weight excluding hydrogens is 362 g/mol. The number of aryl methyl sites for hydroxylation is 1. The van der Waals surface area contributed by atoms with Gasteiger partial charge >= 0.3 is 0 Å². The number of likely N-dealkylation sites (N-methyl/N-ethyl adjacent to an activating group) is 1. The number of hydrogen-bond acceptors (Lipinski definition) is 5. The number of pyridine rings is 1. The summed E-state index contributed by atoms with van der Waals surface area (Å²) in [5, 5.41) is 3.74. The van der Waals surface area contributed by atoms with Crippen LogP contribution in [0.3, 0.4) is 0 Å². The molecule has 1 amide bonds. The van der Waals surface area contributed by atoms with Gasteiger partial charge in [0.1, 0.15) is 5.69 Å². The Bertz CT molecular complexity index is 933. The maximum atomic E-state index is 12.7. The zero-order valence-corrected chi connectivity index (χ0v) is 15.9. The van der Waals surface area contributed by atoms with Crippen LogP contribution >= 0.6 is 11.6 Å². The number of rotatable bonds is 6. The zero-order valence-electron chi connectivity index (χ0n) is 15.2. The second-order valence-electron chi connectivity index (χ2n) is 6.18. The first-order valence-corrected chi connectivity index (χ1v) is 8.91. The van der Waals surface area contributed by atoms with Crippen molar-refractivity contribution in [3.05, 3.63) is 76.8 Å². The van der Waals surface area contributed by atoms with Crippen LogP contribution in [0.15, 0.2) is 55.0 Å². The SMILES string of the molecule is Cc1ccc(Cl)cc1Nc1nccc(C(=O)N(C)CCc2ccncc2)n1. The number of benzene rings is 1. The summed E-state index contributed by atoms with van der Waals surface area (Å²) in [7, 11) is 1.76. The second-order valence-corrected chi connectivity index (χ2v) is 6.62. The van der Waals surface area contributed by atoms with E-state index in [1.165, 1.54) is 0 Å². The fourth-order valence-electron chi connectivity index (χ4n) is 2.53. The summed E-state index contributed by atoms with van der Waals surface area (Å²) < 4.78 is 0. The molecule has 0 fully saturated rings. The van der Waals surface area contributed by atoms with Gasteiger partial charge in [-0.1, -0.05) is 17.7 Å². The first-order chi connectivity index (χ1) is 13.0. The highest BCUT2D eigenvalue weighted by Crippen LogP contribution is 2.22. The van der Waals surface area contributed by atoms with E-state index in [-0.39, 0.29) is 5.91 Å². The average molecular weight is 382 g/mol. The normalized spacial score (nSPS) is 10.5. The number of aromatic nitrogens is 3. The lowest BCUT2D eigenvalue weighted by molar-refractivity contribution is 0.0791. The molecule has 1 N–H and O–H groups in total. The van der Waals surface area contributed by atoms with Gasteiger partial charge in [-0.15, -0.1) is 0 Å². The molecular formula is C20H20ClN5O. The van der Waals surface area contributed by atoms with Crippen LogP contribution in [0.1, 0.15) is 21.6 Å². The van der Waals surface area contributed by atoms with E-state index >= 15 is 0 Å². The molecule has 2 aromatic heterocycles. The quantitative estimate of drug-likeness (QED) is 0.701. The van der Waals surface area contributed by atoms with E-state index in [1.54, 1.807) is 42.7 Å². The number of nitrogens with one attached hydrogen (secondary N) is 1. The van der Waals surface area contributed by atoms with E-state index < -0.39 is 0 Å². The Kier molecular flexibility index (Phi) is 5.98. The average Bonchev–Trinajstić information content (AvgIpc) is 2.69. The third-order valence-corrected chi connectivity index (χ3v) is 4.39. The molecule has 0 spiro atoms. The fraction of sp³-hybridized carbons (Fsp3) is 0.200. The molecule has 0 aliphatic carbocycles. The van der Waals surface area contributed by atoms with Crippen LogP contribution in [0.5, 0.6) is 0 Å². The molecule has 0 radical (unpaired) electrons. The van der Waals surface area contributed by atoms with Crippen molar-refractivity contribution in [3.8, 4) is 0 Å². The van der Waals surface area contributed by atoms with Gasteiger partial charge in [-0.25, -0.2) is 9.97 Å². The van der Waals surface area contributed by atoms with Crippen molar-refractivity contribution in [2.45, 2.75) is 13.3 Å². The largest absolute Gasteiger partial charge is 0.340 e. The lowest BCUT2D eigenvalue weighted by Gasteiger charge is -2.17.